The Kier molecular flexibility index (Phi) is 5.89. The summed E-state index contributed by atoms with van der Waals surface area (Å²) in [4.78, 5) is 22.7. The molecule has 2 rings (SSSR count). The van der Waals surface area contributed by atoms with Gasteiger partial charge in [-0.25, -0.2) is 4.39 Å². The standard InChI is InChI=1S/C14H12ClFN4O2S/c1-8(21)17-12-4-5-14(20-19-12)23-7-13(22)18-9-2-3-11(16)10(15)6-9/h2-6H,7H2,1H3,(H,18,22)(H,17,19,21). The Hall–Kier alpha value is -2.19. The van der Waals surface area contributed by atoms with Gasteiger partial charge in [0.2, 0.25) is 11.8 Å². The highest BCUT2D eigenvalue weighted by molar-refractivity contribution is 7.99. The summed E-state index contributed by atoms with van der Waals surface area (Å²) in [6, 6.07) is 7.17. The maximum atomic E-state index is 13.0. The summed E-state index contributed by atoms with van der Waals surface area (Å²) in [5.41, 5.74) is 0.411. The number of nitrogens with zero attached hydrogens (tertiary/aromatic N) is 2. The highest BCUT2D eigenvalue weighted by Crippen LogP contribution is 2.20. The number of halogens is 2. The average Bonchev–Trinajstić information content (AvgIpc) is 2.50. The van der Waals surface area contributed by atoms with Crippen LogP contribution in [0.1, 0.15) is 6.92 Å². The van der Waals surface area contributed by atoms with Crippen molar-refractivity contribution in [2.45, 2.75) is 11.9 Å². The van der Waals surface area contributed by atoms with E-state index in [1.807, 2.05) is 0 Å². The van der Waals surface area contributed by atoms with E-state index in [0.29, 0.717) is 16.5 Å². The van der Waals surface area contributed by atoms with Crippen molar-refractivity contribution in [3.63, 3.8) is 0 Å². The fourth-order valence-corrected chi connectivity index (χ4v) is 2.35. The molecule has 2 N–H and O–H groups in total. The second-order valence-electron chi connectivity index (χ2n) is 4.40. The molecule has 1 heterocycles. The molecule has 0 aliphatic rings. The Morgan fingerprint density at radius 1 is 1.22 bits per heavy atom. The average molecular weight is 355 g/mol. The van der Waals surface area contributed by atoms with Crippen LogP contribution in [0.5, 0.6) is 0 Å². The minimum absolute atomic E-state index is 0.0603. The number of thioether (sulfide) groups is 1. The SMILES string of the molecule is CC(=O)Nc1ccc(SCC(=O)Nc2ccc(F)c(Cl)c2)nn1. The molecule has 1 aromatic carbocycles. The molecule has 0 unspecified atom stereocenters. The topological polar surface area (TPSA) is 84.0 Å². The van der Waals surface area contributed by atoms with Gasteiger partial charge >= 0.3 is 0 Å². The van der Waals surface area contributed by atoms with Crippen LogP contribution < -0.4 is 10.6 Å². The molecule has 1 aromatic heterocycles. The maximum Gasteiger partial charge on any atom is 0.234 e. The second kappa shape index (κ2) is 7.89. The molecule has 120 valence electrons. The van der Waals surface area contributed by atoms with E-state index in [1.54, 1.807) is 12.1 Å². The second-order valence-corrected chi connectivity index (χ2v) is 5.81. The van der Waals surface area contributed by atoms with Crippen LogP contribution in [-0.4, -0.2) is 27.8 Å². The maximum absolute atomic E-state index is 13.0. The predicted molar refractivity (Wildman–Crippen MR) is 87.1 cm³/mol. The number of benzene rings is 1. The third-order valence-corrected chi connectivity index (χ3v) is 3.71. The molecule has 0 saturated carbocycles. The Labute approximate surface area is 140 Å². The van der Waals surface area contributed by atoms with E-state index in [9.17, 15) is 14.0 Å². The number of aromatic nitrogens is 2. The zero-order valence-corrected chi connectivity index (χ0v) is 13.5. The Morgan fingerprint density at radius 3 is 2.61 bits per heavy atom. The van der Waals surface area contributed by atoms with Gasteiger partial charge in [-0.05, 0) is 30.3 Å². The number of carbonyl (C=O) groups is 2. The van der Waals surface area contributed by atoms with Crippen LogP contribution in [0.2, 0.25) is 5.02 Å². The highest BCUT2D eigenvalue weighted by Gasteiger charge is 2.07. The molecule has 0 saturated heterocycles. The zero-order chi connectivity index (χ0) is 16.8. The first kappa shape index (κ1) is 17.2. The first-order valence-electron chi connectivity index (χ1n) is 6.43. The van der Waals surface area contributed by atoms with Gasteiger partial charge in [-0.15, -0.1) is 10.2 Å². The summed E-state index contributed by atoms with van der Waals surface area (Å²) >= 11 is 6.82. The summed E-state index contributed by atoms with van der Waals surface area (Å²) in [7, 11) is 0. The molecular formula is C14H12ClFN4O2S. The van der Waals surface area contributed by atoms with Crippen LogP contribution in [0, 0.1) is 5.82 Å². The van der Waals surface area contributed by atoms with Crippen molar-refractivity contribution >= 4 is 46.7 Å². The van der Waals surface area contributed by atoms with Crippen molar-refractivity contribution in [3.05, 3.63) is 41.2 Å². The van der Waals surface area contributed by atoms with Crippen LogP contribution in [-0.2, 0) is 9.59 Å². The van der Waals surface area contributed by atoms with Crippen molar-refractivity contribution in [3.8, 4) is 0 Å². The Morgan fingerprint density at radius 2 is 2.00 bits per heavy atom. The normalized spacial score (nSPS) is 10.2. The van der Waals surface area contributed by atoms with E-state index in [4.69, 9.17) is 11.6 Å². The number of nitrogens with one attached hydrogen (secondary N) is 2. The lowest BCUT2D eigenvalue weighted by atomic mass is 10.3. The number of hydrogen-bond acceptors (Lipinski definition) is 5. The first-order chi connectivity index (χ1) is 10.9. The van der Waals surface area contributed by atoms with Gasteiger partial charge in [0.05, 0.1) is 10.8 Å². The van der Waals surface area contributed by atoms with Crippen molar-refractivity contribution in [1.29, 1.82) is 0 Å². The zero-order valence-electron chi connectivity index (χ0n) is 12.0. The lowest BCUT2D eigenvalue weighted by Gasteiger charge is -2.06. The van der Waals surface area contributed by atoms with Gasteiger partial charge in [0.25, 0.3) is 0 Å². The van der Waals surface area contributed by atoms with Crippen molar-refractivity contribution in [2.24, 2.45) is 0 Å². The van der Waals surface area contributed by atoms with Crippen LogP contribution in [0.25, 0.3) is 0 Å². The minimum Gasteiger partial charge on any atom is -0.325 e. The number of rotatable bonds is 5. The lowest BCUT2D eigenvalue weighted by Crippen LogP contribution is -2.14. The quantitative estimate of drug-likeness (QED) is 0.806. The lowest BCUT2D eigenvalue weighted by molar-refractivity contribution is -0.114. The van der Waals surface area contributed by atoms with E-state index in [-0.39, 0.29) is 22.6 Å². The number of carbonyl (C=O) groups excluding carboxylic acids is 2. The van der Waals surface area contributed by atoms with Gasteiger partial charge in [0, 0.05) is 12.6 Å². The molecule has 0 aliphatic carbocycles. The van der Waals surface area contributed by atoms with Gasteiger partial charge in [0.15, 0.2) is 5.82 Å². The van der Waals surface area contributed by atoms with Crippen LogP contribution in [0.15, 0.2) is 35.4 Å². The molecule has 9 heteroatoms. The molecule has 0 radical (unpaired) electrons. The predicted octanol–water partition coefficient (Wildman–Crippen LogP) is 2.96. The van der Waals surface area contributed by atoms with Crippen molar-refractivity contribution < 1.29 is 14.0 Å². The summed E-state index contributed by atoms with van der Waals surface area (Å²) < 4.78 is 13.0. The molecule has 0 fully saturated rings. The van der Waals surface area contributed by atoms with Gasteiger partial charge in [-0.2, -0.15) is 0 Å². The molecule has 0 bridgehead atoms. The van der Waals surface area contributed by atoms with Crippen LogP contribution >= 0.6 is 23.4 Å². The largest absolute Gasteiger partial charge is 0.325 e. The highest BCUT2D eigenvalue weighted by atomic mass is 35.5. The number of hydrogen-bond donors (Lipinski definition) is 2. The van der Waals surface area contributed by atoms with Gasteiger partial charge < -0.3 is 10.6 Å². The molecule has 0 atom stereocenters. The van der Waals surface area contributed by atoms with E-state index in [1.165, 1.54) is 36.9 Å². The molecule has 6 nitrogen and oxygen atoms in total. The Balaban J connectivity index is 1.86. The van der Waals surface area contributed by atoms with Crippen LogP contribution in [0.3, 0.4) is 0 Å². The number of amides is 2. The third kappa shape index (κ3) is 5.50. The molecule has 0 spiro atoms. The van der Waals surface area contributed by atoms with E-state index < -0.39 is 5.82 Å². The van der Waals surface area contributed by atoms with Crippen LogP contribution in [0.4, 0.5) is 15.9 Å². The number of anilines is 2. The molecular weight excluding hydrogens is 343 g/mol. The first-order valence-corrected chi connectivity index (χ1v) is 7.79. The molecule has 23 heavy (non-hydrogen) atoms. The molecule has 2 aromatic rings. The molecule has 2 amide bonds. The molecule has 0 aliphatic heterocycles. The Bertz CT molecular complexity index is 727. The van der Waals surface area contributed by atoms with E-state index in [0.717, 1.165) is 0 Å². The monoisotopic (exact) mass is 354 g/mol. The van der Waals surface area contributed by atoms with Gasteiger partial charge in [-0.1, -0.05) is 23.4 Å². The van der Waals surface area contributed by atoms with Crippen molar-refractivity contribution in [1.82, 2.24) is 10.2 Å². The third-order valence-electron chi connectivity index (χ3n) is 2.50. The van der Waals surface area contributed by atoms with E-state index in [2.05, 4.69) is 20.8 Å². The smallest absolute Gasteiger partial charge is 0.234 e. The van der Waals surface area contributed by atoms with Crippen molar-refractivity contribution in [2.75, 3.05) is 16.4 Å². The summed E-state index contributed by atoms with van der Waals surface area (Å²) in [5, 5.41) is 13.3. The van der Waals surface area contributed by atoms with Gasteiger partial charge in [0.1, 0.15) is 10.8 Å². The van der Waals surface area contributed by atoms with Gasteiger partial charge in [-0.3, -0.25) is 9.59 Å². The van der Waals surface area contributed by atoms with E-state index >= 15 is 0 Å². The summed E-state index contributed by atoms with van der Waals surface area (Å²) in [5.74, 6) is -0.633. The summed E-state index contributed by atoms with van der Waals surface area (Å²) in [6.07, 6.45) is 0. The fourth-order valence-electron chi connectivity index (χ4n) is 1.55. The fraction of sp³-hybridized carbons (Fsp3) is 0.143. The summed E-state index contributed by atoms with van der Waals surface area (Å²) in [6.45, 7) is 1.37. The minimum atomic E-state index is -0.548.